The molecule has 1 aliphatic rings. The van der Waals surface area contributed by atoms with Crippen LogP contribution < -0.4 is 5.23 Å². The van der Waals surface area contributed by atoms with Gasteiger partial charge in [0.15, 0.2) is 0 Å². The molecular formula is C15H12NO4-. The number of esters is 1. The number of carbonyl (C=O) groups excluding carboxylic acids is 1. The van der Waals surface area contributed by atoms with Crippen molar-refractivity contribution in [2.45, 2.75) is 12.5 Å². The molecule has 20 heavy (non-hydrogen) atoms. The lowest BCUT2D eigenvalue weighted by Gasteiger charge is -2.26. The zero-order chi connectivity index (χ0) is 14.1. The maximum absolute atomic E-state index is 11.9. The van der Waals surface area contributed by atoms with Crippen LogP contribution in [0.3, 0.4) is 0 Å². The van der Waals surface area contributed by atoms with Gasteiger partial charge in [-0.3, -0.25) is 5.21 Å². The summed E-state index contributed by atoms with van der Waals surface area (Å²) < 4.78 is 5.41. The second-order valence-corrected chi connectivity index (χ2v) is 4.62. The number of fused-ring (bicyclic) bond motifs is 1. The van der Waals surface area contributed by atoms with Crippen LogP contribution in [0.1, 0.15) is 27.6 Å². The van der Waals surface area contributed by atoms with Crippen molar-refractivity contribution in [1.82, 2.24) is 0 Å². The number of rotatable bonds is 2. The van der Waals surface area contributed by atoms with Gasteiger partial charge in [0, 0.05) is 6.42 Å². The summed E-state index contributed by atoms with van der Waals surface area (Å²) in [5.41, 5.74) is 2.47. The minimum atomic E-state index is -0.370. The predicted octanol–water partition coefficient (Wildman–Crippen LogP) is 2.83. The van der Waals surface area contributed by atoms with Gasteiger partial charge in [-0.15, -0.1) is 0 Å². The van der Waals surface area contributed by atoms with Crippen molar-refractivity contribution in [2.75, 3.05) is 5.23 Å². The van der Waals surface area contributed by atoms with Gasteiger partial charge < -0.3 is 15.2 Å². The molecule has 0 spiro atoms. The molecule has 3 rings (SSSR count). The molecule has 0 bridgehead atoms. The van der Waals surface area contributed by atoms with Crippen molar-refractivity contribution in [2.24, 2.45) is 0 Å². The fourth-order valence-corrected chi connectivity index (χ4v) is 2.33. The summed E-state index contributed by atoms with van der Waals surface area (Å²) >= 11 is 0. The topological polar surface area (TPSA) is 72.8 Å². The Kier molecular flexibility index (Phi) is 3.14. The van der Waals surface area contributed by atoms with E-state index in [9.17, 15) is 10.0 Å². The molecule has 2 aromatic carbocycles. The van der Waals surface area contributed by atoms with Gasteiger partial charge >= 0.3 is 5.97 Å². The van der Waals surface area contributed by atoms with Crippen molar-refractivity contribution in [3.63, 3.8) is 0 Å². The van der Waals surface area contributed by atoms with Crippen molar-refractivity contribution < 1.29 is 14.7 Å². The van der Waals surface area contributed by atoms with Gasteiger partial charge in [0.2, 0.25) is 0 Å². The summed E-state index contributed by atoms with van der Waals surface area (Å²) in [6, 6.07) is 13.7. The molecule has 0 amide bonds. The Balaban J connectivity index is 1.88. The number of hydrogen-bond acceptors (Lipinski definition) is 5. The van der Waals surface area contributed by atoms with Crippen molar-refractivity contribution in [3.8, 4) is 0 Å². The summed E-state index contributed by atoms with van der Waals surface area (Å²) in [7, 11) is 0. The Bertz CT molecular complexity index is 637. The van der Waals surface area contributed by atoms with Gasteiger partial charge in [-0.05, 0) is 29.3 Å². The van der Waals surface area contributed by atoms with E-state index in [0.29, 0.717) is 12.0 Å². The van der Waals surface area contributed by atoms with E-state index in [-0.39, 0.29) is 23.0 Å². The number of hydrogen-bond donors (Lipinski definition) is 1. The van der Waals surface area contributed by atoms with Crippen LogP contribution in [0.2, 0.25) is 0 Å². The minimum Gasteiger partial charge on any atom is -0.733 e. The van der Waals surface area contributed by atoms with Crippen molar-refractivity contribution >= 4 is 11.7 Å². The molecule has 1 heterocycles. The highest BCUT2D eigenvalue weighted by molar-refractivity contribution is 5.92. The smallest absolute Gasteiger partial charge is 0.339 e. The Labute approximate surface area is 115 Å². The zero-order valence-electron chi connectivity index (χ0n) is 10.5. The monoisotopic (exact) mass is 270 g/mol. The first-order valence-electron chi connectivity index (χ1n) is 6.20. The second-order valence-electron chi connectivity index (χ2n) is 4.62. The van der Waals surface area contributed by atoms with E-state index < -0.39 is 0 Å². The maximum Gasteiger partial charge on any atom is 0.339 e. The van der Waals surface area contributed by atoms with Crippen LogP contribution in [0.5, 0.6) is 0 Å². The summed E-state index contributed by atoms with van der Waals surface area (Å²) in [4.78, 5) is 11.9. The normalized spacial score (nSPS) is 17.3. The van der Waals surface area contributed by atoms with Crippen molar-refractivity contribution in [3.05, 3.63) is 70.4 Å². The average molecular weight is 270 g/mol. The summed E-state index contributed by atoms with van der Waals surface area (Å²) in [6.07, 6.45) is 0.229. The van der Waals surface area contributed by atoms with Crippen LogP contribution in [-0.4, -0.2) is 11.2 Å². The van der Waals surface area contributed by atoms with E-state index in [1.165, 1.54) is 12.1 Å². The fourth-order valence-electron chi connectivity index (χ4n) is 2.33. The Hall–Kier alpha value is -2.37. The molecule has 0 aromatic heterocycles. The third-order valence-electron chi connectivity index (χ3n) is 3.38. The molecule has 1 aliphatic heterocycles. The number of cyclic esters (lactones) is 1. The van der Waals surface area contributed by atoms with E-state index in [1.807, 2.05) is 12.1 Å². The first kappa shape index (κ1) is 12.7. The number of benzene rings is 2. The third kappa shape index (κ3) is 2.24. The molecule has 0 radical (unpaired) electrons. The highest BCUT2D eigenvalue weighted by Crippen LogP contribution is 2.31. The SMILES string of the molecule is O=C1OC(c2ccc(N([O-])O)cc2)Cc2ccccc21. The second kappa shape index (κ2) is 4.96. The van der Waals surface area contributed by atoms with Gasteiger partial charge in [0.05, 0.1) is 11.3 Å². The molecule has 1 N–H and O–H groups in total. The quantitative estimate of drug-likeness (QED) is 0.671. The minimum absolute atomic E-state index is 0.135. The van der Waals surface area contributed by atoms with Gasteiger partial charge in [-0.2, -0.15) is 0 Å². The number of ether oxygens (including phenoxy) is 1. The summed E-state index contributed by atoms with van der Waals surface area (Å²) in [5.74, 6) is -0.339. The lowest BCUT2D eigenvalue weighted by atomic mass is 9.95. The van der Waals surface area contributed by atoms with Crippen LogP contribution in [0.15, 0.2) is 48.5 Å². The van der Waals surface area contributed by atoms with Crippen molar-refractivity contribution in [1.29, 1.82) is 0 Å². The molecule has 0 saturated heterocycles. The van der Waals surface area contributed by atoms with Crippen LogP contribution in [-0.2, 0) is 11.2 Å². The first-order valence-corrected chi connectivity index (χ1v) is 6.20. The largest absolute Gasteiger partial charge is 0.733 e. The van der Waals surface area contributed by atoms with Gasteiger partial charge in [0.1, 0.15) is 6.10 Å². The molecule has 0 fully saturated rings. The lowest BCUT2D eigenvalue weighted by molar-refractivity contribution is 0.0253. The molecule has 0 saturated carbocycles. The van der Waals surface area contributed by atoms with Crippen LogP contribution >= 0.6 is 0 Å². The lowest BCUT2D eigenvalue weighted by Crippen LogP contribution is -2.21. The Morgan fingerprint density at radius 1 is 1.15 bits per heavy atom. The van der Waals surface area contributed by atoms with Gasteiger partial charge in [0.25, 0.3) is 0 Å². The molecular weight excluding hydrogens is 258 g/mol. The van der Waals surface area contributed by atoms with Crippen LogP contribution in [0.25, 0.3) is 0 Å². The average Bonchev–Trinajstić information content (AvgIpc) is 2.47. The third-order valence-corrected chi connectivity index (χ3v) is 3.38. The standard InChI is InChI=1S/C15H12NO4/c17-15-13-4-2-1-3-11(13)9-14(20-15)10-5-7-12(8-6-10)16(18)19/h1-8,14,18H,9H2/q-1. The molecule has 102 valence electrons. The van der Waals surface area contributed by atoms with Crippen LogP contribution in [0.4, 0.5) is 5.69 Å². The molecule has 0 aliphatic carbocycles. The van der Waals surface area contributed by atoms with Gasteiger partial charge in [-0.25, -0.2) is 4.79 Å². The maximum atomic E-state index is 11.9. The van der Waals surface area contributed by atoms with Gasteiger partial charge in [-0.1, -0.05) is 30.3 Å². The number of anilines is 1. The number of nitrogens with zero attached hydrogens (tertiary/aromatic N) is 1. The predicted molar refractivity (Wildman–Crippen MR) is 72.4 cm³/mol. The Morgan fingerprint density at radius 2 is 1.85 bits per heavy atom. The van der Waals surface area contributed by atoms with E-state index in [2.05, 4.69) is 0 Å². The van der Waals surface area contributed by atoms with E-state index in [0.717, 1.165) is 11.1 Å². The number of carbonyl (C=O) groups is 1. The van der Waals surface area contributed by atoms with E-state index in [4.69, 9.17) is 9.94 Å². The molecule has 2 aromatic rings. The molecule has 1 unspecified atom stereocenters. The van der Waals surface area contributed by atoms with E-state index in [1.54, 1.807) is 24.3 Å². The highest BCUT2D eigenvalue weighted by Gasteiger charge is 2.26. The highest BCUT2D eigenvalue weighted by atomic mass is 16.8. The first-order chi connectivity index (χ1) is 9.65. The van der Waals surface area contributed by atoms with E-state index >= 15 is 0 Å². The summed E-state index contributed by atoms with van der Waals surface area (Å²) in [5, 5.41) is 19.3. The Morgan fingerprint density at radius 3 is 2.55 bits per heavy atom. The molecule has 1 atom stereocenters. The molecule has 5 heteroatoms. The fraction of sp³-hybridized carbons (Fsp3) is 0.133. The summed E-state index contributed by atoms with van der Waals surface area (Å²) in [6.45, 7) is 0. The zero-order valence-corrected chi connectivity index (χ0v) is 10.5. The van der Waals surface area contributed by atoms with Crippen LogP contribution in [0, 0.1) is 5.21 Å². The molecule has 5 nitrogen and oxygen atoms in total.